The molecule has 1 atom stereocenters. The highest BCUT2D eigenvalue weighted by Crippen LogP contribution is 2.14. The van der Waals surface area contributed by atoms with Gasteiger partial charge in [0.2, 0.25) is 0 Å². The number of hydrogen-bond acceptors (Lipinski definition) is 3. The standard InChI is InChI=1S/C15H14N2O/c1-10-8-11-5-6-13(12-4-2-3-7-16-12)17-15(11)14(18)9-10/h2-8,10,18H,9H2,1H3. The van der Waals surface area contributed by atoms with Gasteiger partial charge in [0.25, 0.3) is 0 Å². The van der Waals surface area contributed by atoms with E-state index in [0.717, 1.165) is 16.6 Å². The van der Waals surface area contributed by atoms with Crippen LogP contribution < -0.4 is 10.6 Å². The minimum absolute atomic E-state index is 0.361. The minimum Gasteiger partial charge on any atom is -0.510 e. The van der Waals surface area contributed by atoms with Crippen LogP contribution in [0.15, 0.2) is 36.5 Å². The van der Waals surface area contributed by atoms with Gasteiger partial charge < -0.3 is 5.11 Å². The maximum Gasteiger partial charge on any atom is 0.119 e. The second-order valence-corrected chi connectivity index (χ2v) is 4.64. The van der Waals surface area contributed by atoms with Crippen molar-refractivity contribution in [1.82, 2.24) is 9.97 Å². The molecule has 0 fully saturated rings. The summed E-state index contributed by atoms with van der Waals surface area (Å²) in [4.78, 5) is 8.79. The van der Waals surface area contributed by atoms with E-state index in [1.165, 1.54) is 0 Å². The smallest absolute Gasteiger partial charge is 0.119 e. The first-order valence-corrected chi connectivity index (χ1v) is 6.06. The summed E-state index contributed by atoms with van der Waals surface area (Å²) < 4.78 is 0. The van der Waals surface area contributed by atoms with Crippen molar-refractivity contribution >= 4 is 11.8 Å². The normalized spacial score (nSPS) is 18.1. The van der Waals surface area contributed by atoms with Gasteiger partial charge in [-0.25, -0.2) is 4.98 Å². The van der Waals surface area contributed by atoms with Gasteiger partial charge in [-0.1, -0.05) is 25.1 Å². The van der Waals surface area contributed by atoms with Crippen molar-refractivity contribution in [2.24, 2.45) is 5.92 Å². The van der Waals surface area contributed by atoms with Gasteiger partial charge in [0.05, 0.1) is 11.4 Å². The average Bonchev–Trinajstić information content (AvgIpc) is 2.39. The Morgan fingerprint density at radius 2 is 2.06 bits per heavy atom. The molecule has 2 heterocycles. The summed E-state index contributed by atoms with van der Waals surface area (Å²) >= 11 is 0. The van der Waals surface area contributed by atoms with Gasteiger partial charge in [0, 0.05) is 12.6 Å². The number of rotatable bonds is 1. The van der Waals surface area contributed by atoms with E-state index in [4.69, 9.17) is 0 Å². The molecular weight excluding hydrogens is 224 g/mol. The number of aromatic nitrogens is 2. The Morgan fingerprint density at radius 1 is 1.17 bits per heavy atom. The van der Waals surface area contributed by atoms with Crippen molar-refractivity contribution in [2.45, 2.75) is 13.3 Å². The van der Waals surface area contributed by atoms with E-state index in [2.05, 4.69) is 23.0 Å². The first kappa shape index (κ1) is 11.0. The summed E-state index contributed by atoms with van der Waals surface area (Å²) in [5, 5.41) is 11.7. The monoisotopic (exact) mass is 238 g/mol. The molecule has 2 aromatic rings. The fourth-order valence-corrected chi connectivity index (χ4v) is 2.26. The third-order valence-electron chi connectivity index (χ3n) is 3.11. The van der Waals surface area contributed by atoms with E-state index >= 15 is 0 Å². The molecule has 3 rings (SSSR count). The number of nitrogens with zero attached hydrogens (tertiary/aromatic N) is 2. The van der Waals surface area contributed by atoms with Crippen LogP contribution in [-0.2, 0) is 0 Å². The van der Waals surface area contributed by atoms with Crippen LogP contribution in [0.1, 0.15) is 13.3 Å². The predicted octanol–water partition coefficient (Wildman–Crippen LogP) is 1.63. The van der Waals surface area contributed by atoms with E-state index in [1.54, 1.807) is 6.20 Å². The zero-order valence-corrected chi connectivity index (χ0v) is 10.2. The predicted molar refractivity (Wildman–Crippen MR) is 71.0 cm³/mol. The largest absolute Gasteiger partial charge is 0.510 e. The molecule has 0 saturated carbocycles. The van der Waals surface area contributed by atoms with Crippen LogP contribution in [0.4, 0.5) is 0 Å². The third kappa shape index (κ3) is 1.88. The quantitative estimate of drug-likeness (QED) is 0.821. The lowest BCUT2D eigenvalue weighted by Gasteiger charge is -2.11. The molecule has 3 nitrogen and oxygen atoms in total. The molecular formula is C15H14N2O. The van der Waals surface area contributed by atoms with E-state index in [9.17, 15) is 5.11 Å². The number of fused-ring (bicyclic) bond motifs is 1. The van der Waals surface area contributed by atoms with E-state index in [1.807, 2.05) is 30.3 Å². The molecule has 90 valence electrons. The molecule has 1 aliphatic carbocycles. The highest BCUT2D eigenvalue weighted by Gasteiger charge is 2.11. The molecule has 0 saturated heterocycles. The lowest BCUT2D eigenvalue weighted by molar-refractivity contribution is 0.459. The van der Waals surface area contributed by atoms with Crippen LogP contribution in [0.25, 0.3) is 23.2 Å². The first-order valence-electron chi connectivity index (χ1n) is 6.06. The summed E-state index contributed by atoms with van der Waals surface area (Å²) in [6, 6.07) is 9.67. The Hall–Kier alpha value is -2.16. The molecule has 0 radical (unpaired) electrons. The Labute approximate surface area is 105 Å². The Bertz CT molecular complexity index is 692. The van der Waals surface area contributed by atoms with Gasteiger partial charge in [-0.05, 0) is 29.3 Å². The molecule has 2 aromatic heterocycles. The van der Waals surface area contributed by atoms with Crippen molar-refractivity contribution in [3.05, 3.63) is 47.1 Å². The Kier molecular flexibility index (Phi) is 2.59. The van der Waals surface area contributed by atoms with Gasteiger partial charge in [0.15, 0.2) is 0 Å². The van der Waals surface area contributed by atoms with Gasteiger partial charge in [-0.2, -0.15) is 0 Å². The van der Waals surface area contributed by atoms with Crippen LogP contribution in [-0.4, -0.2) is 15.1 Å². The lowest BCUT2D eigenvalue weighted by Crippen LogP contribution is -2.34. The molecule has 3 heteroatoms. The number of hydrogen-bond donors (Lipinski definition) is 1. The van der Waals surface area contributed by atoms with E-state index in [-0.39, 0.29) is 0 Å². The number of aliphatic hydroxyl groups excluding tert-OH is 1. The van der Waals surface area contributed by atoms with Crippen LogP contribution in [0.3, 0.4) is 0 Å². The van der Waals surface area contributed by atoms with Gasteiger partial charge in [0.1, 0.15) is 11.1 Å². The summed E-state index contributed by atoms with van der Waals surface area (Å²) in [5.74, 6) is 0.734. The van der Waals surface area contributed by atoms with E-state index < -0.39 is 0 Å². The average molecular weight is 238 g/mol. The zero-order valence-electron chi connectivity index (χ0n) is 10.2. The minimum atomic E-state index is 0.361. The van der Waals surface area contributed by atoms with Crippen molar-refractivity contribution in [3.63, 3.8) is 0 Å². The van der Waals surface area contributed by atoms with E-state index in [0.29, 0.717) is 23.4 Å². The Morgan fingerprint density at radius 3 is 2.83 bits per heavy atom. The zero-order chi connectivity index (χ0) is 12.5. The SMILES string of the molecule is CC1C=c2ccc(-c3ccccn3)nc2=C(O)C1. The lowest BCUT2D eigenvalue weighted by atomic mass is 10.00. The fourth-order valence-electron chi connectivity index (χ4n) is 2.26. The van der Waals surface area contributed by atoms with Crippen molar-refractivity contribution in [2.75, 3.05) is 0 Å². The second kappa shape index (κ2) is 4.26. The van der Waals surface area contributed by atoms with Crippen molar-refractivity contribution in [3.8, 4) is 11.4 Å². The topological polar surface area (TPSA) is 46.0 Å². The van der Waals surface area contributed by atoms with Crippen LogP contribution in [0, 0.1) is 5.92 Å². The molecule has 0 bridgehead atoms. The number of aliphatic hydroxyl groups is 1. The molecule has 0 aliphatic heterocycles. The van der Waals surface area contributed by atoms with Crippen LogP contribution in [0.5, 0.6) is 0 Å². The van der Waals surface area contributed by atoms with Gasteiger partial charge in [-0.15, -0.1) is 0 Å². The highest BCUT2D eigenvalue weighted by atomic mass is 16.3. The summed E-state index contributed by atoms with van der Waals surface area (Å²) in [7, 11) is 0. The third-order valence-corrected chi connectivity index (χ3v) is 3.11. The van der Waals surface area contributed by atoms with Crippen molar-refractivity contribution < 1.29 is 5.11 Å². The van der Waals surface area contributed by atoms with Crippen LogP contribution >= 0.6 is 0 Å². The maximum absolute atomic E-state index is 10.0. The molecule has 0 aromatic carbocycles. The Balaban J connectivity index is 2.22. The molecule has 1 aliphatic rings. The molecule has 1 N–H and O–H groups in total. The first-order chi connectivity index (χ1) is 8.74. The molecule has 0 spiro atoms. The van der Waals surface area contributed by atoms with Crippen LogP contribution in [0.2, 0.25) is 0 Å². The number of pyridine rings is 2. The van der Waals surface area contributed by atoms with Gasteiger partial charge >= 0.3 is 0 Å². The second-order valence-electron chi connectivity index (χ2n) is 4.64. The summed E-state index contributed by atoms with van der Waals surface area (Å²) in [6.45, 7) is 2.09. The maximum atomic E-state index is 10.0. The van der Waals surface area contributed by atoms with Gasteiger partial charge in [-0.3, -0.25) is 4.98 Å². The molecule has 0 amide bonds. The molecule has 18 heavy (non-hydrogen) atoms. The summed E-state index contributed by atoms with van der Waals surface area (Å²) in [6.07, 6.45) is 4.55. The summed E-state index contributed by atoms with van der Waals surface area (Å²) in [5.41, 5.74) is 1.62. The van der Waals surface area contributed by atoms with Crippen molar-refractivity contribution in [1.29, 1.82) is 0 Å². The molecule has 1 unspecified atom stereocenters. The fraction of sp³-hybridized carbons (Fsp3) is 0.200. The highest BCUT2D eigenvalue weighted by molar-refractivity contribution is 5.55.